The van der Waals surface area contributed by atoms with Crippen LogP contribution in [0.2, 0.25) is 0 Å². The molecule has 0 atom stereocenters. The number of hydrogen-bond acceptors (Lipinski definition) is 7. The summed E-state index contributed by atoms with van der Waals surface area (Å²) in [6.07, 6.45) is 3.41. The highest BCUT2D eigenvalue weighted by molar-refractivity contribution is 7.14. The van der Waals surface area contributed by atoms with Gasteiger partial charge in [-0.15, -0.1) is 11.3 Å². The van der Waals surface area contributed by atoms with Gasteiger partial charge in [0.25, 0.3) is 5.69 Å². The molecule has 0 spiro atoms. The van der Waals surface area contributed by atoms with Gasteiger partial charge in [0.05, 0.1) is 16.3 Å². The molecule has 116 valence electrons. The van der Waals surface area contributed by atoms with Crippen LogP contribution < -0.4 is 11.1 Å². The minimum Gasteiger partial charge on any atom is -0.393 e. The largest absolute Gasteiger partial charge is 0.393 e. The second-order valence-corrected chi connectivity index (χ2v) is 5.74. The zero-order valence-electron chi connectivity index (χ0n) is 12.2. The maximum atomic E-state index is 11.0. The minimum atomic E-state index is -0.496. The van der Waals surface area contributed by atoms with Gasteiger partial charge in [0, 0.05) is 29.4 Å². The van der Waals surface area contributed by atoms with Crippen molar-refractivity contribution in [1.29, 1.82) is 0 Å². The molecule has 0 aliphatic rings. The topological polar surface area (TPSA) is 107 Å². The van der Waals surface area contributed by atoms with E-state index >= 15 is 0 Å². The first-order chi connectivity index (χ1) is 11.0. The van der Waals surface area contributed by atoms with E-state index in [1.54, 1.807) is 18.5 Å². The Labute approximate surface area is 136 Å². The van der Waals surface area contributed by atoms with Crippen LogP contribution in [0.25, 0.3) is 11.3 Å². The Bertz CT molecular complexity index is 864. The molecule has 0 saturated heterocycles. The lowest BCUT2D eigenvalue weighted by atomic mass is 10.1. The molecule has 1 aromatic carbocycles. The van der Waals surface area contributed by atoms with Crippen molar-refractivity contribution in [2.75, 3.05) is 11.1 Å². The van der Waals surface area contributed by atoms with Crippen molar-refractivity contribution < 1.29 is 4.92 Å². The minimum absolute atomic E-state index is 0.121. The van der Waals surface area contributed by atoms with Crippen LogP contribution in [0, 0.1) is 17.0 Å². The number of nitrogens with zero attached hydrogens (tertiary/aromatic N) is 3. The zero-order chi connectivity index (χ0) is 16.4. The van der Waals surface area contributed by atoms with Crippen molar-refractivity contribution >= 4 is 33.5 Å². The SMILES string of the molecule is Cc1cc(N)c([N+](=O)[O-])cc1Nc1nc(-c2ccncc2)cs1. The van der Waals surface area contributed by atoms with Gasteiger partial charge in [-0.3, -0.25) is 15.1 Å². The van der Waals surface area contributed by atoms with Crippen LogP contribution in [0.4, 0.5) is 22.2 Å². The Hall–Kier alpha value is -3.00. The number of benzene rings is 1. The number of nitrogens with two attached hydrogens (primary N) is 1. The van der Waals surface area contributed by atoms with E-state index < -0.39 is 4.92 Å². The number of aromatic nitrogens is 2. The molecule has 0 bridgehead atoms. The number of nitrogen functional groups attached to an aromatic ring is 1. The van der Waals surface area contributed by atoms with Crippen molar-refractivity contribution in [2.24, 2.45) is 0 Å². The van der Waals surface area contributed by atoms with E-state index in [0.717, 1.165) is 16.8 Å². The quantitative estimate of drug-likeness (QED) is 0.429. The fourth-order valence-corrected chi connectivity index (χ4v) is 2.85. The lowest BCUT2D eigenvalue weighted by Crippen LogP contribution is -2.00. The van der Waals surface area contributed by atoms with E-state index in [0.29, 0.717) is 10.8 Å². The summed E-state index contributed by atoms with van der Waals surface area (Å²) in [4.78, 5) is 19.0. The van der Waals surface area contributed by atoms with Crippen LogP contribution >= 0.6 is 11.3 Å². The fourth-order valence-electron chi connectivity index (χ4n) is 2.11. The molecule has 0 fully saturated rings. The Morgan fingerprint density at radius 1 is 1.30 bits per heavy atom. The lowest BCUT2D eigenvalue weighted by molar-refractivity contribution is -0.383. The predicted octanol–water partition coefficient (Wildman–Crippen LogP) is 3.75. The van der Waals surface area contributed by atoms with Gasteiger partial charge in [0.1, 0.15) is 5.69 Å². The highest BCUT2D eigenvalue weighted by Gasteiger charge is 2.15. The van der Waals surface area contributed by atoms with Gasteiger partial charge >= 0.3 is 0 Å². The third-order valence-corrected chi connectivity index (χ3v) is 4.05. The molecule has 2 aromatic heterocycles. The second kappa shape index (κ2) is 6.01. The molecule has 8 heteroatoms. The van der Waals surface area contributed by atoms with E-state index in [9.17, 15) is 10.1 Å². The summed E-state index contributed by atoms with van der Waals surface area (Å²) in [7, 11) is 0. The molecule has 0 radical (unpaired) electrons. The van der Waals surface area contributed by atoms with Crippen LogP contribution in [0.5, 0.6) is 0 Å². The summed E-state index contributed by atoms with van der Waals surface area (Å²) in [5.74, 6) is 0. The summed E-state index contributed by atoms with van der Waals surface area (Å²) < 4.78 is 0. The van der Waals surface area contributed by atoms with E-state index in [1.165, 1.54) is 17.4 Å². The average Bonchev–Trinajstić information content (AvgIpc) is 2.99. The number of anilines is 3. The molecular formula is C15H13N5O2S. The van der Waals surface area contributed by atoms with E-state index in [2.05, 4.69) is 15.3 Å². The molecular weight excluding hydrogens is 314 g/mol. The Morgan fingerprint density at radius 2 is 2.04 bits per heavy atom. The molecule has 0 unspecified atom stereocenters. The summed E-state index contributed by atoms with van der Waals surface area (Å²) >= 11 is 1.42. The predicted molar refractivity (Wildman–Crippen MR) is 90.9 cm³/mol. The molecule has 3 N–H and O–H groups in total. The number of rotatable bonds is 4. The van der Waals surface area contributed by atoms with Crippen molar-refractivity contribution in [2.45, 2.75) is 6.92 Å². The molecule has 0 saturated carbocycles. The molecule has 7 nitrogen and oxygen atoms in total. The normalized spacial score (nSPS) is 10.5. The summed E-state index contributed by atoms with van der Waals surface area (Å²) in [5, 5.41) is 16.7. The third kappa shape index (κ3) is 3.11. The van der Waals surface area contributed by atoms with Crippen molar-refractivity contribution in [3.63, 3.8) is 0 Å². The van der Waals surface area contributed by atoms with E-state index in [1.807, 2.05) is 24.4 Å². The monoisotopic (exact) mass is 327 g/mol. The molecule has 3 aromatic rings. The van der Waals surface area contributed by atoms with Gasteiger partial charge in [0.2, 0.25) is 0 Å². The number of hydrogen-bond donors (Lipinski definition) is 2. The van der Waals surface area contributed by atoms with Crippen molar-refractivity contribution in [3.8, 4) is 11.3 Å². The van der Waals surface area contributed by atoms with Crippen LogP contribution in [0.3, 0.4) is 0 Å². The van der Waals surface area contributed by atoms with Crippen molar-refractivity contribution in [1.82, 2.24) is 9.97 Å². The Morgan fingerprint density at radius 3 is 2.74 bits per heavy atom. The highest BCUT2D eigenvalue weighted by atomic mass is 32.1. The second-order valence-electron chi connectivity index (χ2n) is 4.88. The highest BCUT2D eigenvalue weighted by Crippen LogP contribution is 2.32. The van der Waals surface area contributed by atoms with Gasteiger partial charge in [-0.1, -0.05) is 0 Å². The standard InChI is InChI=1S/C15H13N5O2S/c1-9-6-11(16)14(20(21)22)7-12(9)18-15-19-13(8-23-15)10-2-4-17-5-3-10/h2-8H,16H2,1H3,(H,18,19). The van der Waals surface area contributed by atoms with Crippen molar-refractivity contribution in [3.05, 3.63) is 57.7 Å². The molecule has 3 rings (SSSR count). The maximum Gasteiger partial charge on any atom is 0.294 e. The number of nitro groups is 1. The van der Waals surface area contributed by atoms with Gasteiger partial charge in [-0.05, 0) is 30.7 Å². The fraction of sp³-hybridized carbons (Fsp3) is 0.0667. The molecule has 2 heterocycles. The number of aryl methyl sites for hydroxylation is 1. The first kappa shape index (κ1) is 14.9. The van der Waals surface area contributed by atoms with Crippen LogP contribution in [0.1, 0.15) is 5.56 Å². The van der Waals surface area contributed by atoms with Gasteiger partial charge in [0.15, 0.2) is 5.13 Å². The molecule has 0 aliphatic heterocycles. The number of pyridine rings is 1. The first-order valence-corrected chi connectivity index (χ1v) is 7.60. The summed E-state index contributed by atoms with van der Waals surface area (Å²) in [6, 6.07) is 6.76. The third-order valence-electron chi connectivity index (χ3n) is 3.29. The maximum absolute atomic E-state index is 11.0. The Balaban J connectivity index is 1.90. The molecule has 0 amide bonds. The van der Waals surface area contributed by atoms with Gasteiger partial charge < -0.3 is 11.1 Å². The summed E-state index contributed by atoms with van der Waals surface area (Å²) in [5.41, 5.74) is 8.91. The van der Waals surface area contributed by atoms with Crippen LogP contribution in [-0.2, 0) is 0 Å². The first-order valence-electron chi connectivity index (χ1n) is 6.72. The summed E-state index contributed by atoms with van der Waals surface area (Å²) in [6.45, 7) is 1.83. The van der Waals surface area contributed by atoms with E-state index in [-0.39, 0.29) is 11.4 Å². The van der Waals surface area contributed by atoms with Gasteiger partial charge in [-0.2, -0.15) is 0 Å². The lowest BCUT2D eigenvalue weighted by Gasteiger charge is -2.08. The smallest absolute Gasteiger partial charge is 0.294 e. The Kier molecular flexibility index (Phi) is 3.90. The molecule has 0 aliphatic carbocycles. The number of nitro benzene ring substituents is 1. The number of thiazole rings is 1. The number of nitrogens with one attached hydrogen (secondary N) is 1. The zero-order valence-corrected chi connectivity index (χ0v) is 13.0. The van der Waals surface area contributed by atoms with Gasteiger partial charge in [-0.25, -0.2) is 4.98 Å². The molecule has 23 heavy (non-hydrogen) atoms. The average molecular weight is 327 g/mol. The van der Waals surface area contributed by atoms with Crippen LogP contribution in [-0.4, -0.2) is 14.9 Å². The van der Waals surface area contributed by atoms with E-state index in [4.69, 9.17) is 5.73 Å². The van der Waals surface area contributed by atoms with Crippen LogP contribution in [0.15, 0.2) is 42.0 Å².